The molecule has 3 aliphatic rings. The van der Waals surface area contributed by atoms with E-state index in [1.165, 1.54) is 0 Å². The maximum atomic E-state index is 14.8. The molecule has 11 nitrogen and oxygen atoms in total. The minimum absolute atomic E-state index is 0.0762. The molecule has 5 rings (SSSR count). The number of ether oxygens (including phenoxy) is 3. The molecule has 3 saturated heterocycles. The van der Waals surface area contributed by atoms with Gasteiger partial charge in [0.15, 0.2) is 0 Å². The number of esters is 1. The number of fused-ring (bicyclic) bond motifs is 1. The van der Waals surface area contributed by atoms with Gasteiger partial charge in [-0.15, -0.1) is 13.2 Å². The Hall–Kier alpha value is -4.48. The van der Waals surface area contributed by atoms with E-state index in [2.05, 4.69) is 18.5 Å². The minimum atomic E-state index is -1.18. The maximum absolute atomic E-state index is 14.8. The molecule has 6 atom stereocenters. The van der Waals surface area contributed by atoms with Crippen molar-refractivity contribution in [3.8, 4) is 5.75 Å². The van der Waals surface area contributed by atoms with Crippen molar-refractivity contribution in [2.75, 3.05) is 38.3 Å². The van der Waals surface area contributed by atoms with Gasteiger partial charge in [0, 0.05) is 31.8 Å². The molecule has 2 aromatic rings. The average molecular weight is 688 g/mol. The fourth-order valence-corrected chi connectivity index (χ4v) is 7.73. The number of nitrogens with one attached hydrogen (secondary N) is 1. The highest BCUT2D eigenvalue weighted by molar-refractivity contribution is 6.05. The van der Waals surface area contributed by atoms with Crippen LogP contribution in [0.4, 0.5) is 5.69 Å². The summed E-state index contributed by atoms with van der Waals surface area (Å²) in [6.07, 6.45) is 7.24. The molecule has 3 aliphatic heterocycles. The van der Waals surface area contributed by atoms with Crippen LogP contribution in [0, 0.1) is 11.8 Å². The van der Waals surface area contributed by atoms with Crippen LogP contribution in [0.3, 0.4) is 0 Å². The van der Waals surface area contributed by atoms with Gasteiger partial charge in [-0.1, -0.05) is 55.3 Å². The van der Waals surface area contributed by atoms with E-state index in [9.17, 15) is 24.3 Å². The van der Waals surface area contributed by atoms with Crippen molar-refractivity contribution in [1.82, 2.24) is 10.2 Å². The molecule has 50 heavy (non-hydrogen) atoms. The number of benzene rings is 2. The monoisotopic (exact) mass is 687 g/mol. The number of rotatable bonds is 19. The van der Waals surface area contributed by atoms with Gasteiger partial charge in [0.05, 0.1) is 31.1 Å². The highest BCUT2D eigenvalue weighted by Gasteiger charge is 2.74. The molecular formula is C39H49N3O8. The van der Waals surface area contributed by atoms with Crippen LogP contribution in [0.25, 0.3) is 0 Å². The van der Waals surface area contributed by atoms with Gasteiger partial charge < -0.3 is 34.4 Å². The van der Waals surface area contributed by atoms with Gasteiger partial charge in [0.25, 0.3) is 5.91 Å². The van der Waals surface area contributed by atoms with Crippen LogP contribution in [0.5, 0.6) is 5.75 Å². The molecule has 2 bridgehead atoms. The molecule has 268 valence electrons. The topological polar surface area (TPSA) is 135 Å². The quantitative estimate of drug-likeness (QED) is 0.125. The third-order valence-corrected chi connectivity index (χ3v) is 10.1. The average Bonchev–Trinajstić information content (AvgIpc) is 3.78. The third-order valence-electron chi connectivity index (χ3n) is 10.1. The Morgan fingerprint density at radius 3 is 2.50 bits per heavy atom. The molecule has 3 amide bonds. The summed E-state index contributed by atoms with van der Waals surface area (Å²) in [6.45, 7) is 8.08. The number of aliphatic hydroxyl groups is 1. The molecule has 0 saturated carbocycles. The number of nitrogens with zero attached hydrogens (tertiary/aromatic N) is 2. The van der Waals surface area contributed by atoms with Gasteiger partial charge >= 0.3 is 5.97 Å². The largest absolute Gasteiger partial charge is 0.497 e. The van der Waals surface area contributed by atoms with Crippen LogP contribution in [0.2, 0.25) is 0 Å². The fourth-order valence-electron chi connectivity index (χ4n) is 7.73. The Kier molecular flexibility index (Phi) is 12.5. The van der Waals surface area contributed by atoms with Crippen molar-refractivity contribution < 1.29 is 38.5 Å². The number of hydrogen-bond donors (Lipinski definition) is 2. The van der Waals surface area contributed by atoms with Crippen LogP contribution < -0.4 is 15.0 Å². The summed E-state index contributed by atoms with van der Waals surface area (Å²) >= 11 is 0. The molecule has 1 spiro atoms. The van der Waals surface area contributed by atoms with Crippen LogP contribution in [0.15, 0.2) is 79.9 Å². The van der Waals surface area contributed by atoms with Gasteiger partial charge in [0.2, 0.25) is 11.8 Å². The number of likely N-dealkylation sites (tertiary alicyclic amines) is 1. The highest BCUT2D eigenvalue weighted by Crippen LogP contribution is 2.58. The van der Waals surface area contributed by atoms with E-state index < -0.39 is 41.6 Å². The molecule has 3 fully saturated rings. The lowest BCUT2D eigenvalue weighted by Crippen LogP contribution is -2.56. The number of methoxy groups -OCH3 is 1. The van der Waals surface area contributed by atoms with Gasteiger partial charge in [0.1, 0.15) is 24.0 Å². The Morgan fingerprint density at radius 2 is 1.82 bits per heavy atom. The van der Waals surface area contributed by atoms with E-state index in [1.807, 2.05) is 30.3 Å². The summed E-state index contributed by atoms with van der Waals surface area (Å²) in [4.78, 5) is 59.2. The molecule has 2 aromatic carbocycles. The van der Waals surface area contributed by atoms with Crippen LogP contribution in [-0.4, -0.2) is 84.9 Å². The Morgan fingerprint density at radius 1 is 1.08 bits per heavy atom. The molecule has 0 aromatic heterocycles. The van der Waals surface area contributed by atoms with E-state index in [1.54, 1.807) is 53.3 Å². The van der Waals surface area contributed by atoms with Crippen molar-refractivity contribution in [2.24, 2.45) is 11.8 Å². The summed E-state index contributed by atoms with van der Waals surface area (Å²) in [5, 5.41) is 12.3. The van der Waals surface area contributed by atoms with Crippen LogP contribution in [0.1, 0.15) is 63.0 Å². The second-order valence-electron chi connectivity index (χ2n) is 13.1. The smallest absolute Gasteiger partial charge is 0.306 e. The van der Waals surface area contributed by atoms with E-state index in [0.717, 1.165) is 18.4 Å². The number of aliphatic hydroxyl groups excluding tert-OH is 1. The molecule has 2 N–H and O–H groups in total. The lowest BCUT2D eigenvalue weighted by molar-refractivity contribution is -0.146. The summed E-state index contributed by atoms with van der Waals surface area (Å²) in [5.74, 6) is -2.39. The second kappa shape index (κ2) is 17.0. The molecule has 0 radical (unpaired) electrons. The first-order chi connectivity index (χ1) is 24.3. The van der Waals surface area contributed by atoms with Gasteiger partial charge in [-0.2, -0.15) is 0 Å². The number of anilines is 1. The van der Waals surface area contributed by atoms with E-state index in [-0.39, 0.29) is 43.9 Å². The molecule has 0 unspecified atom stereocenters. The zero-order valence-corrected chi connectivity index (χ0v) is 28.8. The Bertz CT molecular complexity index is 1510. The summed E-state index contributed by atoms with van der Waals surface area (Å²) < 4.78 is 17.6. The number of carbonyl (C=O) groups is 4. The Balaban J connectivity index is 1.44. The first-order valence-electron chi connectivity index (χ1n) is 17.6. The number of unbranched alkanes of at least 4 members (excludes halogenated alkanes) is 3. The van der Waals surface area contributed by atoms with E-state index in [4.69, 9.17) is 14.2 Å². The van der Waals surface area contributed by atoms with Crippen molar-refractivity contribution >= 4 is 29.4 Å². The summed E-state index contributed by atoms with van der Waals surface area (Å²) in [6, 6.07) is 14.8. The van der Waals surface area contributed by atoms with Crippen molar-refractivity contribution in [2.45, 2.75) is 75.2 Å². The SMILES string of the molecule is C=CCCC(=O)OC[C@H](NC(=O)[C@@H]1[C@@H]2CC[C@]3(O2)[C@H](C(=O)N(CC=C)c2ccc(OC)cc2)N(CCCCCCO)C(=O)[C@@H]13)c1ccccc1. The van der Waals surface area contributed by atoms with Crippen molar-refractivity contribution in [3.63, 3.8) is 0 Å². The second-order valence-corrected chi connectivity index (χ2v) is 13.1. The van der Waals surface area contributed by atoms with Crippen molar-refractivity contribution in [3.05, 3.63) is 85.5 Å². The zero-order chi connectivity index (χ0) is 35.7. The lowest BCUT2D eigenvalue weighted by Gasteiger charge is -2.37. The molecule has 3 heterocycles. The number of carbonyl (C=O) groups excluding carboxylic acids is 4. The number of allylic oxidation sites excluding steroid dienone is 1. The summed E-state index contributed by atoms with van der Waals surface area (Å²) in [7, 11) is 1.57. The van der Waals surface area contributed by atoms with Crippen LogP contribution in [-0.2, 0) is 28.7 Å². The zero-order valence-electron chi connectivity index (χ0n) is 28.8. The molecule has 0 aliphatic carbocycles. The van der Waals surface area contributed by atoms with E-state index in [0.29, 0.717) is 50.1 Å². The van der Waals surface area contributed by atoms with Crippen molar-refractivity contribution in [1.29, 1.82) is 0 Å². The predicted octanol–water partition coefficient (Wildman–Crippen LogP) is 4.51. The number of hydrogen-bond acceptors (Lipinski definition) is 8. The van der Waals surface area contributed by atoms with Crippen LogP contribution >= 0.6 is 0 Å². The number of amides is 3. The minimum Gasteiger partial charge on any atom is -0.497 e. The predicted molar refractivity (Wildman–Crippen MR) is 188 cm³/mol. The maximum Gasteiger partial charge on any atom is 0.306 e. The molecular weight excluding hydrogens is 638 g/mol. The van der Waals surface area contributed by atoms with Gasteiger partial charge in [-0.3, -0.25) is 19.2 Å². The normalized spacial score (nSPS) is 24.0. The van der Waals surface area contributed by atoms with E-state index >= 15 is 0 Å². The standard InChI is InChI=1S/C39H49N3O8/c1-4-6-16-32(44)49-26-30(27-14-10-9-11-15-27)40-36(45)33-31-21-22-39(50-31)34(33)37(46)42(24-12-7-8-13-25-43)35(39)38(47)41(23-5-2)28-17-19-29(48-3)20-18-28/h4-5,9-11,14-15,17-20,30-31,33-35,43H,1-2,6-8,12-13,16,21-26H2,3H3,(H,40,45)/t30-,31-,33+,34+,35-,39+/m0/s1. The molecule has 11 heteroatoms. The summed E-state index contributed by atoms with van der Waals surface area (Å²) in [5.41, 5.74) is 0.198. The first kappa shape index (κ1) is 36.8. The first-order valence-corrected chi connectivity index (χ1v) is 17.6. The lowest BCUT2D eigenvalue weighted by atomic mass is 9.70. The third kappa shape index (κ3) is 7.63. The highest BCUT2D eigenvalue weighted by atomic mass is 16.5. The van der Waals surface area contributed by atoms with Gasteiger partial charge in [-0.25, -0.2) is 0 Å². The van der Waals surface area contributed by atoms with Gasteiger partial charge in [-0.05, 0) is 61.9 Å². The fraction of sp³-hybridized carbons (Fsp3) is 0.487. The Labute approximate surface area is 294 Å².